The standard InChI is InChI=1S/C11H9Cl2N5OS2/c12-7-2-1-3-8(13)6(7)4-15-16-9(19)5-20-11-18-17-10(14)21-11/h1-4H,5H2,(H2,14,17)(H,16,19). The van der Waals surface area contributed by atoms with Gasteiger partial charge in [0.15, 0.2) is 4.34 Å². The highest BCUT2D eigenvalue weighted by Gasteiger charge is 2.06. The number of nitrogen functional groups attached to an aromatic ring is 1. The van der Waals surface area contributed by atoms with Crippen molar-refractivity contribution in [3.63, 3.8) is 0 Å². The van der Waals surface area contributed by atoms with E-state index in [1.165, 1.54) is 29.3 Å². The Hall–Kier alpha value is -1.35. The number of thioether (sulfide) groups is 1. The first-order valence-corrected chi connectivity index (χ1v) is 8.10. The van der Waals surface area contributed by atoms with Crippen LogP contribution in [0.25, 0.3) is 0 Å². The molecule has 2 aromatic rings. The molecule has 3 N–H and O–H groups in total. The van der Waals surface area contributed by atoms with Crippen LogP contribution in [0.1, 0.15) is 5.56 Å². The SMILES string of the molecule is Nc1nnc(SCC(=O)NN=Cc2c(Cl)cccc2Cl)s1. The van der Waals surface area contributed by atoms with Crippen LogP contribution in [-0.4, -0.2) is 28.1 Å². The minimum atomic E-state index is -0.284. The number of halogens is 2. The van der Waals surface area contributed by atoms with Crippen molar-refractivity contribution in [2.45, 2.75) is 4.34 Å². The lowest BCUT2D eigenvalue weighted by Gasteiger charge is -2.01. The maximum Gasteiger partial charge on any atom is 0.250 e. The van der Waals surface area contributed by atoms with Gasteiger partial charge in [0.05, 0.1) is 22.0 Å². The van der Waals surface area contributed by atoms with Gasteiger partial charge in [0.2, 0.25) is 5.13 Å². The fraction of sp³-hybridized carbons (Fsp3) is 0.0909. The summed E-state index contributed by atoms with van der Waals surface area (Å²) >= 11 is 14.4. The Bertz CT molecular complexity index is 656. The fourth-order valence-electron chi connectivity index (χ4n) is 1.24. The molecule has 1 aromatic carbocycles. The molecular weight excluding hydrogens is 353 g/mol. The van der Waals surface area contributed by atoms with E-state index in [0.29, 0.717) is 25.1 Å². The molecule has 0 saturated heterocycles. The molecule has 1 amide bonds. The van der Waals surface area contributed by atoms with E-state index >= 15 is 0 Å². The second-order valence-electron chi connectivity index (χ2n) is 3.62. The molecule has 21 heavy (non-hydrogen) atoms. The first kappa shape index (κ1) is 16.0. The molecule has 0 saturated carbocycles. The Labute approximate surface area is 138 Å². The smallest absolute Gasteiger partial charge is 0.250 e. The molecule has 0 atom stereocenters. The fourth-order valence-corrected chi connectivity index (χ4v) is 3.16. The quantitative estimate of drug-likeness (QED) is 0.485. The van der Waals surface area contributed by atoms with Crippen LogP contribution in [-0.2, 0) is 4.79 Å². The van der Waals surface area contributed by atoms with Gasteiger partial charge >= 0.3 is 0 Å². The lowest BCUT2D eigenvalue weighted by atomic mass is 10.2. The molecule has 0 radical (unpaired) electrons. The van der Waals surface area contributed by atoms with Gasteiger partial charge in [-0.05, 0) is 12.1 Å². The van der Waals surface area contributed by atoms with Crippen molar-refractivity contribution in [1.82, 2.24) is 15.6 Å². The van der Waals surface area contributed by atoms with Crippen LogP contribution in [0.3, 0.4) is 0 Å². The summed E-state index contributed by atoms with van der Waals surface area (Å²) in [5.41, 5.74) is 8.37. The van der Waals surface area contributed by atoms with Gasteiger partial charge in [-0.3, -0.25) is 4.79 Å². The molecule has 0 aliphatic carbocycles. The van der Waals surface area contributed by atoms with E-state index in [-0.39, 0.29) is 11.7 Å². The van der Waals surface area contributed by atoms with Crippen LogP contribution in [0, 0.1) is 0 Å². The number of hydrazone groups is 1. The van der Waals surface area contributed by atoms with Crippen molar-refractivity contribution in [1.29, 1.82) is 0 Å². The Kier molecular flexibility index (Phi) is 5.80. The molecule has 1 aromatic heterocycles. The summed E-state index contributed by atoms with van der Waals surface area (Å²) in [6, 6.07) is 5.10. The summed E-state index contributed by atoms with van der Waals surface area (Å²) in [4.78, 5) is 11.6. The Morgan fingerprint density at radius 2 is 2.14 bits per heavy atom. The zero-order chi connectivity index (χ0) is 15.2. The van der Waals surface area contributed by atoms with E-state index in [1.807, 2.05) is 0 Å². The zero-order valence-electron chi connectivity index (χ0n) is 10.4. The molecule has 0 spiro atoms. The molecule has 2 rings (SSSR count). The number of nitrogens with zero attached hydrogens (tertiary/aromatic N) is 3. The summed E-state index contributed by atoms with van der Waals surface area (Å²) in [6.07, 6.45) is 1.40. The first-order chi connectivity index (χ1) is 10.1. The largest absolute Gasteiger partial charge is 0.374 e. The number of aromatic nitrogens is 2. The van der Waals surface area contributed by atoms with E-state index < -0.39 is 0 Å². The number of nitrogens with two attached hydrogens (primary N) is 1. The van der Waals surface area contributed by atoms with E-state index in [1.54, 1.807) is 18.2 Å². The number of carbonyl (C=O) groups excluding carboxylic acids is 1. The third-order valence-corrected chi connectivity index (χ3v) is 4.68. The van der Waals surface area contributed by atoms with E-state index in [4.69, 9.17) is 28.9 Å². The van der Waals surface area contributed by atoms with Crippen LogP contribution in [0.4, 0.5) is 5.13 Å². The van der Waals surface area contributed by atoms with E-state index in [2.05, 4.69) is 20.7 Å². The van der Waals surface area contributed by atoms with Gasteiger partial charge in [-0.1, -0.05) is 52.4 Å². The number of anilines is 1. The Balaban J connectivity index is 1.85. The molecule has 0 fully saturated rings. The highest BCUT2D eigenvalue weighted by Crippen LogP contribution is 2.23. The normalized spacial score (nSPS) is 11.0. The monoisotopic (exact) mass is 361 g/mol. The number of carbonyl (C=O) groups is 1. The van der Waals surface area contributed by atoms with Crippen LogP contribution >= 0.6 is 46.3 Å². The van der Waals surface area contributed by atoms with Gasteiger partial charge in [-0.15, -0.1) is 10.2 Å². The van der Waals surface area contributed by atoms with Gasteiger partial charge in [-0.25, -0.2) is 5.43 Å². The summed E-state index contributed by atoms with van der Waals surface area (Å²) in [5, 5.41) is 12.5. The Morgan fingerprint density at radius 3 is 2.76 bits per heavy atom. The average molecular weight is 362 g/mol. The lowest BCUT2D eigenvalue weighted by molar-refractivity contribution is -0.118. The maximum absolute atomic E-state index is 11.6. The van der Waals surface area contributed by atoms with Crippen molar-refractivity contribution in [3.8, 4) is 0 Å². The number of amides is 1. The van der Waals surface area contributed by atoms with Crippen molar-refractivity contribution in [2.24, 2.45) is 5.10 Å². The predicted octanol–water partition coefficient (Wildman–Crippen LogP) is 2.67. The number of hydrogen-bond acceptors (Lipinski definition) is 7. The zero-order valence-corrected chi connectivity index (χ0v) is 13.6. The second kappa shape index (κ2) is 7.60. The summed E-state index contributed by atoms with van der Waals surface area (Å²) in [5.74, 6) is -0.129. The average Bonchev–Trinajstić information content (AvgIpc) is 2.85. The highest BCUT2D eigenvalue weighted by atomic mass is 35.5. The molecule has 6 nitrogen and oxygen atoms in total. The van der Waals surface area contributed by atoms with E-state index in [0.717, 1.165) is 0 Å². The van der Waals surface area contributed by atoms with Gasteiger partial charge in [0.1, 0.15) is 0 Å². The van der Waals surface area contributed by atoms with Gasteiger partial charge < -0.3 is 5.73 Å². The minimum Gasteiger partial charge on any atom is -0.374 e. The topological polar surface area (TPSA) is 93.3 Å². The van der Waals surface area contributed by atoms with E-state index in [9.17, 15) is 4.79 Å². The molecule has 0 aliphatic heterocycles. The molecule has 110 valence electrons. The second-order valence-corrected chi connectivity index (χ2v) is 6.67. The molecule has 0 aliphatic rings. The Morgan fingerprint density at radius 1 is 1.43 bits per heavy atom. The summed E-state index contributed by atoms with van der Waals surface area (Å²) in [6.45, 7) is 0. The van der Waals surface area contributed by atoms with Crippen LogP contribution < -0.4 is 11.2 Å². The van der Waals surface area contributed by atoms with Gasteiger partial charge in [-0.2, -0.15) is 5.10 Å². The number of rotatable bonds is 5. The molecule has 10 heteroatoms. The maximum atomic E-state index is 11.6. The van der Waals surface area contributed by atoms with Crippen LogP contribution in [0.2, 0.25) is 10.0 Å². The third kappa shape index (κ3) is 4.85. The van der Waals surface area contributed by atoms with Gasteiger partial charge in [0.25, 0.3) is 5.91 Å². The highest BCUT2D eigenvalue weighted by molar-refractivity contribution is 8.01. The molecule has 0 bridgehead atoms. The first-order valence-electron chi connectivity index (χ1n) is 5.54. The third-order valence-electron chi connectivity index (χ3n) is 2.13. The molecule has 0 unspecified atom stereocenters. The van der Waals surface area contributed by atoms with Crippen molar-refractivity contribution < 1.29 is 4.79 Å². The van der Waals surface area contributed by atoms with Crippen LogP contribution in [0.5, 0.6) is 0 Å². The lowest BCUT2D eigenvalue weighted by Crippen LogP contribution is -2.19. The number of nitrogens with one attached hydrogen (secondary N) is 1. The summed E-state index contributed by atoms with van der Waals surface area (Å²) in [7, 11) is 0. The van der Waals surface area contributed by atoms with Gasteiger partial charge in [0, 0.05) is 5.56 Å². The minimum absolute atomic E-state index is 0.155. The van der Waals surface area contributed by atoms with Crippen molar-refractivity contribution in [3.05, 3.63) is 33.8 Å². The van der Waals surface area contributed by atoms with Crippen LogP contribution in [0.15, 0.2) is 27.6 Å². The van der Waals surface area contributed by atoms with Crippen molar-refractivity contribution in [2.75, 3.05) is 11.5 Å². The predicted molar refractivity (Wildman–Crippen MR) is 87.2 cm³/mol. The number of hydrogen-bond donors (Lipinski definition) is 2. The molecular formula is C11H9Cl2N5OS2. The van der Waals surface area contributed by atoms with Crippen molar-refractivity contribution >= 4 is 63.6 Å². The molecule has 1 heterocycles. The number of benzene rings is 1. The summed E-state index contributed by atoms with van der Waals surface area (Å²) < 4.78 is 0.626.